The highest BCUT2D eigenvalue weighted by atomic mass is 31.1. The average Bonchev–Trinajstić information content (AvgIpc) is 2.96. The van der Waals surface area contributed by atoms with Crippen molar-refractivity contribution in [2.24, 2.45) is 0 Å². The summed E-state index contributed by atoms with van der Waals surface area (Å²) in [5.74, 6) is 0. The van der Waals surface area contributed by atoms with Gasteiger partial charge in [0, 0.05) is 13.1 Å². The van der Waals surface area contributed by atoms with Crippen molar-refractivity contribution in [2.75, 3.05) is 13.1 Å². The van der Waals surface area contributed by atoms with Crippen molar-refractivity contribution in [3.05, 3.63) is 24.3 Å². The Balaban J connectivity index is 1.73. The third-order valence-corrected chi connectivity index (χ3v) is 3.64. The second-order valence-electron chi connectivity index (χ2n) is 3.83. The zero-order chi connectivity index (χ0) is 10.8. The smallest absolute Gasteiger partial charge is 0.183 e. The normalized spacial score (nSPS) is 17.8. The van der Waals surface area contributed by atoms with Gasteiger partial charge in [0.2, 0.25) is 0 Å². The molecule has 1 saturated heterocycles. The molecule has 16 heavy (non-hydrogen) atoms. The van der Waals surface area contributed by atoms with Crippen LogP contribution in [-0.4, -0.2) is 32.9 Å². The van der Waals surface area contributed by atoms with Crippen molar-refractivity contribution >= 4 is 20.0 Å². The molecule has 0 bridgehead atoms. The molecule has 0 aliphatic carbocycles. The first kappa shape index (κ1) is 10.00. The lowest BCUT2D eigenvalue weighted by Gasteiger charge is -2.13. The predicted molar refractivity (Wildman–Crippen MR) is 63.2 cm³/mol. The van der Waals surface area contributed by atoms with E-state index < -0.39 is 0 Å². The lowest BCUT2D eigenvalue weighted by Crippen LogP contribution is -2.14. The first-order valence-electron chi connectivity index (χ1n) is 5.42. The van der Waals surface area contributed by atoms with E-state index in [9.17, 15) is 0 Å². The van der Waals surface area contributed by atoms with E-state index in [4.69, 9.17) is 4.62 Å². The zero-order valence-corrected chi connectivity index (χ0v) is 9.83. The maximum Gasteiger partial charge on any atom is 0.183 e. The van der Waals surface area contributed by atoms with Gasteiger partial charge in [-0.3, -0.25) is 4.67 Å². The second kappa shape index (κ2) is 4.36. The molecule has 1 aromatic heterocycles. The number of nitrogens with zero attached hydrogens (tertiary/aromatic N) is 4. The SMILES string of the molecule is c1ccc2c(c1)nnn2OPN1CCCC1. The molecule has 2 heterocycles. The third-order valence-electron chi connectivity index (χ3n) is 2.68. The van der Waals surface area contributed by atoms with E-state index in [1.807, 2.05) is 24.3 Å². The Kier molecular flexibility index (Phi) is 2.72. The monoisotopic (exact) mass is 236 g/mol. The molecule has 2 aromatic rings. The quantitative estimate of drug-likeness (QED) is 0.757. The fraction of sp³-hybridized carbons (Fsp3) is 0.400. The average molecular weight is 236 g/mol. The Hall–Kier alpha value is -1.19. The minimum atomic E-state index is 0.337. The molecule has 0 N–H and O–H groups in total. The minimum Gasteiger partial charge on any atom is -0.362 e. The molecule has 6 heteroatoms. The van der Waals surface area contributed by atoms with Crippen LogP contribution < -0.4 is 4.62 Å². The van der Waals surface area contributed by atoms with E-state index in [0.29, 0.717) is 8.96 Å². The number of hydrogen-bond donors (Lipinski definition) is 0. The van der Waals surface area contributed by atoms with Gasteiger partial charge in [0.1, 0.15) is 11.0 Å². The molecule has 0 radical (unpaired) electrons. The summed E-state index contributed by atoms with van der Waals surface area (Å²) in [5, 5.41) is 8.02. The summed E-state index contributed by atoms with van der Waals surface area (Å²) >= 11 is 0. The first-order valence-corrected chi connectivity index (χ1v) is 6.27. The fourth-order valence-electron chi connectivity index (χ4n) is 1.82. The number of benzene rings is 1. The summed E-state index contributed by atoms with van der Waals surface area (Å²) < 4.78 is 7.94. The van der Waals surface area contributed by atoms with E-state index in [0.717, 1.165) is 24.1 Å². The van der Waals surface area contributed by atoms with Gasteiger partial charge in [-0.05, 0) is 30.2 Å². The van der Waals surface area contributed by atoms with Gasteiger partial charge < -0.3 is 4.62 Å². The van der Waals surface area contributed by atoms with Crippen molar-refractivity contribution < 1.29 is 4.62 Å². The van der Waals surface area contributed by atoms with Gasteiger partial charge in [-0.1, -0.05) is 17.0 Å². The maximum absolute atomic E-state index is 5.64. The Morgan fingerprint density at radius 3 is 2.88 bits per heavy atom. The van der Waals surface area contributed by atoms with Gasteiger partial charge in [-0.15, -0.1) is 5.10 Å². The molecule has 3 rings (SSSR count). The summed E-state index contributed by atoms with van der Waals surface area (Å²) in [6, 6.07) is 7.81. The van der Waals surface area contributed by atoms with Crippen molar-refractivity contribution in [1.82, 2.24) is 19.8 Å². The Morgan fingerprint density at radius 2 is 2.00 bits per heavy atom. The first-order chi connectivity index (χ1) is 7.93. The predicted octanol–water partition coefficient (Wildman–Crippen LogP) is 1.46. The van der Waals surface area contributed by atoms with Crippen LogP contribution in [0.25, 0.3) is 11.0 Å². The molecule has 0 spiro atoms. The molecular weight excluding hydrogens is 223 g/mol. The van der Waals surface area contributed by atoms with Gasteiger partial charge in [-0.25, -0.2) is 0 Å². The topological polar surface area (TPSA) is 43.2 Å². The molecule has 5 nitrogen and oxygen atoms in total. The van der Waals surface area contributed by atoms with Gasteiger partial charge >= 0.3 is 0 Å². The molecule has 1 unspecified atom stereocenters. The van der Waals surface area contributed by atoms with Crippen LogP contribution >= 0.6 is 8.96 Å². The Bertz CT molecular complexity index is 480. The Morgan fingerprint density at radius 1 is 1.19 bits per heavy atom. The molecule has 1 fully saturated rings. The maximum atomic E-state index is 5.64. The van der Waals surface area contributed by atoms with Crippen LogP contribution in [0.15, 0.2) is 24.3 Å². The largest absolute Gasteiger partial charge is 0.362 e. The molecule has 1 aromatic carbocycles. The zero-order valence-electron chi connectivity index (χ0n) is 8.83. The summed E-state index contributed by atoms with van der Waals surface area (Å²) in [5.41, 5.74) is 1.79. The summed E-state index contributed by atoms with van der Waals surface area (Å²) in [4.78, 5) is 1.52. The molecule has 1 atom stereocenters. The van der Waals surface area contributed by atoms with E-state index in [1.165, 1.54) is 17.7 Å². The molecule has 84 valence electrons. The Labute approximate surface area is 95.2 Å². The lowest BCUT2D eigenvalue weighted by molar-refractivity contribution is 0.255. The number of para-hydroxylation sites is 1. The van der Waals surface area contributed by atoms with Crippen LogP contribution in [0.5, 0.6) is 0 Å². The molecule has 1 aliphatic rings. The molecule has 0 saturated carbocycles. The highest BCUT2D eigenvalue weighted by Gasteiger charge is 2.13. The number of rotatable bonds is 3. The number of fused-ring (bicyclic) bond motifs is 1. The second-order valence-corrected chi connectivity index (χ2v) is 4.83. The van der Waals surface area contributed by atoms with Crippen LogP contribution in [0.2, 0.25) is 0 Å². The van der Waals surface area contributed by atoms with Crippen LogP contribution in [0.3, 0.4) is 0 Å². The highest BCUT2D eigenvalue weighted by molar-refractivity contribution is 7.29. The summed E-state index contributed by atoms with van der Waals surface area (Å²) in [7, 11) is 0.337. The van der Waals surface area contributed by atoms with Gasteiger partial charge in [0.05, 0.1) is 0 Å². The van der Waals surface area contributed by atoms with E-state index in [2.05, 4.69) is 15.0 Å². The summed E-state index contributed by atoms with van der Waals surface area (Å²) in [6.45, 7) is 2.26. The summed E-state index contributed by atoms with van der Waals surface area (Å²) in [6.07, 6.45) is 2.54. The van der Waals surface area contributed by atoms with E-state index in [-0.39, 0.29) is 0 Å². The number of hydrogen-bond acceptors (Lipinski definition) is 4. The fourth-order valence-corrected chi connectivity index (χ4v) is 2.65. The van der Waals surface area contributed by atoms with Crippen molar-refractivity contribution in [1.29, 1.82) is 0 Å². The van der Waals surface area contributed by atoms with Crippen LogP contribution in [0.1, 0.15) is 12.8 Å². The van der Waals surface area contributed by atoms with Crippen molar-refractivity contribution in [2.45, 2.75) is 12.8 Å². The van der Waals surface area contributed by atoms with E-state index >= 15 is 0 Å². The van der Waals surface area contributed by atoms with Crippen LogP contribution in [0, 0.1) is 0 Å². The third kappa shape index (κ3) is 1.88. The van der Waals surface area contributed by atoms with Crippen molar-refractivity contribution in [3.63, 3.8) is 0 Å². The molecule has 0 amide bonds. The highest BCUT2D eigenvalue weighted by Crippen LogP contribution is 2.23. The van der Waals surface area contributed by atoms with Crippen LogP contribution in [0.4, 0.5) is 0 Å². The van der Waals surface area contributed by atoms with Gasteiger partial charge in [0.25, 0.3) is 0 Å². The van der Waals surface area contributed by atoms with E-state index in [1.54, 1.807) is 0 Å². The van der Waals surface area contributed by atoms with Gasteiger partial charge in [0.15, 0.2) is 8.96 Å². The minimum absolute atomic E-state index is 0.337. The van der Waals surface area contributed by atoms with Gasteiger partial charge in [-0.2, -0.15) is 0 Å². The van der Waals surface area contributed by atoms with Crippen molar-refractivity contribution in [3.8, 4) is 0 Å². The van der Waals surface area contributed by atoms with Crippen LogP contribution in [-0.2, 0) is 0 Å². The molecular formula is C10H13N4OP. The lowest BCUT2D eigenvalue weighted by atomic mass is 10.3. The molecule has 1 aliphatic heterocycles. The number of aromatic nitrogens is 3. The standard InChI is InChI=1S/C10H13N4OP/c1-2-6-10-9(5-1)11-12-14(10)15-16-13-7-3-4-8-13/h1-2,5-6,16H,3-4,7-8H2.